The van der Waals surface area contributed by atoms with Gasteiger partial charge < -0.3 is 4.74 Å². The van der Waals surface area contributed by atoms with Gasteiger partial charge in [-0.1, -0.05) is 61.3 Å². The van der Waals surface area contributed by atoms with Crippen LogP contribution in [0.2, 0.25) is 10.0 Å². The Morgan fingerprint density at radius 3 is 2.00 bits per heavy atom. The van der Waals surface area contributed by atoms with Crippen LogP contribution in [0.15, 0.2) is 48.5 Å². The molecule has 0 spiro atoms. The Morgan fingerprint density at radius 2 is 1.50 bits per heavy atom. The van der Waals surface area contributed by atoms with Crippen LogP contribution in [0.1, 0.15) is 57.3 Å². The fourth-order valence-corrected chi connectivity index (χ4v) is 3.99. The molecule has 0 N–H and O–H groups in total. The summed E-state index contributed by atoms with van der Waals surface area (Å²) in [5.41, 5.74) is 2.39. The largest absolute Gasteiger partial charge is 0.373 e. The molecule has 5 heteroatoms. The molecule has 0 bridgehead atoms. The number of carbonyl (C=O) groups excluding carboxylic acids is 1. The molecule has 0 unspecified atom stereocenters. The summed E-state index contributed by atoms with van der Waals surface area (Å²) in [7, 11) is 0. The van der Waals surface area contributed by atoms with E-state index in [1.807, 2.05) is 36.4 Å². The van der Waals surface area contributed by atoms with E-state index in [4.69, 9.17) is 27.9 Å². The van der Waals surface area contributed by atoms with Crippen molar-refractivity contribution in [3.05, 3.63) is 69.7 Å². The third-order valence-electron chi connectivity index (χ3n) is 5.21. The van der Waals surface area contributed by atoms with E-state index in [2.05, 4.69) is 30.9 Å². The zero-order valence-electron chi connectivity index (χ0n) is 18.2. The molecule has 3 nitrogen and oxygen atoms in total. The molecular formula is C25H33Cl2NO2. The first-order valence-corrected chi connectivity index (χ1v) is 11.5. The van der Waals surface area contributed by atoms with Crippen LogP contribution in [-0.2, 0) is 16.1 Å². The summed E-state index contributed by atoms with van der Waals surface area (Å²) in [5, 5.41) is 1.52. The van der Waals surface area contributed by atoms with Crippen molar-refractivity contribution < 1.29 is 9.53 Å². The second kappa shape index (κ2) is 13.1. The molecule has 2 atom stereocenters. The Morgan fingerprint density at radius 1 is 0.967 bits per heavy atom. The number of benzene rings is 2. The van der Waals surface area contributed by atoms with Gasteiger partial charge in [-0.05, 0) is 74.7 Å². The highest BCUT2D eigenvalue weighted by Crippen LogP contribution is 2.35. The van der Waals surface area contributed by atoms with Crippen molar-refractivity contribution in [1.29, 1.82) is 0 Å². The number of halogens is 2. The van der Waals surface area contributed by atoms with Gasteiger partial charge in [0.1, 0.15) is 5.78 Å². The third kappa shape index (κ3) is 8.03. The highest BCUT2D eigenvalue weighted by atomic mass is 35.5. The molecule has 1 heterocycles. The van der Waals surface area contributed by atoms with Gasteiger partial charge in [0.05, 0.1) is 6.10 Å². The first-order chi connectivity index (χ1) is 14.4. The first-order valence-electron chi connectivity index (χ1n) is 10.8. The lowest BCUT2D eigenvalue weighted by molar-refractivity contribution is -0.122. The molecule has 0 radical (unpaired) electrons. The highest BCUT2D eigenvalue weighted by molar-refractivity contribution is 6.30. The molecule has 0 amide bonds. The molecule has 1 aliphatic rings. The minimum absolute atomic E-state index is 0.00572. The van der Waals surface area contributed by atoms with Gasteiger partial charge in [0.15, 0.2) is 0 Å². The highest BCUT2D eigenvalue weighted by Gasteiger charge is 2.32. The Balaban J connectivity index is 0.000000214. The van der Waals surface area contributed by atoms with Gasteiger partial charge in [0.25, 0.3) is 0 Å². The van der Waals surface area contributed by atoms with Crippen LogP contribution in [0.5, 0.6) is 0 Å². The zero-order chi connectivity index (χ0) is 21.9. The molecule has 0 saturated carbocycles. The number of Topliss-reactive ketones (excluding diaryl/α,β-unsaturated/α-hetero) is 1. The van der Waals surface area contributed by atoms with E-state index < -0.39 is 0 Å². The van der Waals surface area contributed by atoms with Gasteiger partial charge >= 0.3 is 0 Å². The second-order valence-electron chi connectivity index (χ2n) is 7.75. The van der Waals surface area contributed by atoms with Crippen LogP contribution in [0.25, 0.3) is 0 Å². The van der Waals surface area contributed by atoms with Crippen LogP contribution >= 0.6 is 23.2 Å². The van der Waals surface area contributed by atoms with E-state index >= 15 is 0 Å². The Bertz CT molecular complexity index is 756. The van der Waals surface area contributed by atoms with Crippen molar-refractivity contribution in [2.24, 2.45) is 5.92 Å². The lowest BCUT2D eigenvalue weighted by Crippen LogP contribution is -2.24. The number of nitrogens with zero attached hydrogens (tertiary/aromatic N) is 1. The molecule has 1 saturated heterocycles. The SMILES string of the molecule is CC(=O)[C@H]1CCO[C@@H]1c1ccc(Cl)cc1.CCCN(CCC)Cc1ccc(Cl)cc1. The summed E-state index contributed by atoms with van der Waals surface area (Å²) in [6, 6.07) is 15.7. The maximum Gasteiger partial charge on any atom is 0.135 e. The molecule has 2 aromatic rings. The number of hydrogen-bond donors (Lipinski definition) is 0. The minimum atomic E-state index is -0.0835. The number of hydrogen-bond acceptors (Lipinski definition) is 3. The molecule has 3 rings (SSSR count). The average molecular weight is 450 g/mol. The lowest BCUT2D eigenvalue weighted by atomic mass is 9.92. The van der Waals surface area contributed by atoms with Crippen molar-refractivity contribution in [3.8, 4) is 0 Å². The van der Waals surface area contributed by atoms with Crippen molar-refractivity contribution in [3.63, 3.8) is 0 Å². The second-order valence-corrected chi connectivity index (χ2v) is 8.62. The van der Waals surface area contributed by atoms with Crippen LogP contribution in [0, 0.1) is 5.92 Å². The number of ether oxygens (including phenoxy) is 1. The zero-order valence-corrected chi connectivity index (χ0v) is 19.8. The maximum absolute atomic E-state index is 11.4. The number of ketones is 1. The summed E-state index contributed by atoms with van der Waals surface area (Å²) in [5.74, 6) is 0.207. The smallest absolute Gasteiger partial charge is 0.135 e. The van der Waals surface area contributed by atoms with E-state index in [1.165, 1.54) is 31.5 Å². The van der Waals surface area contributed by atoms with Crippen LogP contribution in [0.4, 0.5) is 0 Å². The Labute approximate surface area is 191 Å². The topological polar surface area (TPSA) is 29.5 Å². The van der Waals surface area contributed by atoms with Crippen molar-refractivity contribution in [1.82, 2.24) is 4.90 Å². The van der Waals surface area contributed by atoms with E-state index in [0.29, 0.717) is 11.6 Å². The summed E-state index contributed by atoms with van der Waals surface area (Å²) >= 11 is 11.7. The van der Waals surface area contributed by atoms with Gasteiger partial charge in [-0.3, -0.25) is 9.69 Å². The van der Waals surface area contributed by atoms with Gasteiger partial charge in [0.2, 0.25) is 0 Å². The molecule has 164 valence electrons. The predicted molar refractivity (Wildman–Crippen MR) is 126 cm³/mol. The van der Waals surface area contributed by atoms with E-state index in [-0.39, 0.29) is 17.8 Å². The van der Waals surface area contributed by atoms with Crippen LogP contribution in [-0.4, -0.2) is 30.4 Å². The Hall–Kier alpha value is -1.39. The monoisotopic (exact) mass is 449 g/mol. The van der Waals surface area contributed by atoms with Gasteiger partial charge in [-0.15, -0.1) is 0 Å². The quantitative estimate of drug-likeness (QED) is 0.435. The number of rotatable bonds is 8. The average Bonchev–Trinajstić information content (AvgIpc) is 3.21. The third-order valence-corrected chi connectivity index (χ3v) is 5.72. The summed E-state index contributed by atoms with van der Waals surface area (Å²) < 4.78 is 5.59. The van der Waals surface area contributed by atoms with Gasteiger partial charge in [-0.25, -0.2) is 0 Å². The van der Waals surface area contributed by atoms with E-state index in [9.17, 15) is 4.79 Å². The number of carbonyl (C=O) groups is 1. The molecule has 0 aromatic heterocycles. The fraction of sp³-hybridized carbons (Fsp3) is 0.480. The standard InChI is InChI=1S/C13H20ClN.C12H13ClO2/c1-3-9-15(10-4-2)11-12-5-7-13(14)8-6-12;1-8(14)11-6-7-15-12(11)9-2-4-10(13)5-3-9/h5-8H,3-4,9-11H2,1-2H3;2-5,11-12H,6-7H2,1H3/t;11-,12-/m.1/s1. The van der Waals surface area contributed by atoms with Crippen molar-refractivity contribution in [2.75, 3.05) is 19.7 Å². The molecule has 0 aliphatic carbocycles. The molecular weight excluding hydrogens is 417 g/mol. The fourth-order valence-electron chi connectivity index (χ4n) is 3.74. The van der Waals surface area contributed by atoms with E-state index in [0.717, 1.165) is 23.6 Å². The normalized spacial score (nSPS) is 18.2. The summed E-state index contributed by atoms with van der Waals surface area (Å²) in [4.78, 5) is 13.9. The maximum atomic E-state index is 11.4. The van der Waals surface area contributed by atoms with Crippen LogP contribution in [0.3, 0.4) is 0 Å². The molecule has 1 aliphatic heterocycles. The lowest BCUT2D eigenvalue weighted by Gasteiger charge is -2.20. The minimum Gasteiger partial charge on any atom is -0.373 e. The van der Waals surface area contributed by atoms with Gasteiger partial charge in [0, 0.05) is 29.1 Å². The molecule has 30 heavy (non-hydrogen) atoms. The van der Waals surface area contributed by atoms with Gasteiger partial charge in [-0.2, -0.15) is 0 Å². The van der Waals surface area contributed by atoms with Crippen molar-refractivity contribution in [2.45, 2.75) is 52.7 Å². The molecule has 2 aromatic carbocycles. The summed E-state index contributed by atoms with van der Waals surface area (Å²) in [6.45, 7) is 10.1. The molecule has 1 fully saturated rings. The van der Waals surface area contributed by atoms with Crippen molar-refractivity contribution >= 4 is 29.0 Å². The summed E-state index contributed by atoms with van der Waals surface area (Å²) in [6.07, 6.45) is 3.17. The Kier molecular flexibility index (Phi) is 10.9. The van der Waals surface area contributed by atoms with E-state index in [1.54, 1.807) is 6.92 Å². The van der Waals surface area contributed by atoms with Crippen LogP contribution < -0.4 is 0 Å². The first kappa shape index (κ1) is 24.9. The predicted octanol–water partition coefficient (Wildman–Crippen LogP) is 6.97.